The van der Waals surface area contributed by atoms with Crippen LogP contribution in [-0.2, 0) is 6.54 Å². The molecule has 0 fully saturated rings. The summed E-state index contributed by atoms with van der Waals surface area (Å²) in [5.41, 5.74) is 3.78. The summed E-state index contributed by atoms with van der Waals surface area (Å²) in [6, 6.07) is 9.02. The van der Waals surface area contributed by atoms with Crippen molar-refractivity contribution in [2.75, 3.05) is 0 Å². The average molecular weight is 316 g/mol. The Labute approximate surface area is 134 Å². The van der Waals surface area contributed by atoms with Crippen molar-refractivity contribution in [1.82, 2.24) is 9.72 Å². The van der Waals surface area contributed by atoms with Crippen LogP contribution in [0.5, 0.6) is 0 Å². The van der Waals surface area contributed by atoms with Gasteiger partial charge in [0.25, 0.3) is 0 Å². The Balaban J connectivity index is 1.78. The van der Waals surface area contributed by atoms with E-state index in [4.69, 9.17) is 4.52 Å². The standard InChI is InChI=1S/C17H21N3OS/c1-11-8-15(10-18-13(3)16-6-5-7-22-16)14(4)20(11)17-9-12(2)21-19-17/h5-9,13,18H,10H2,1-4H3/p+1/t13-/m1/s1. The first kappa shape index (κ1) is 15.1. The number of aromatic nitrogens is 2. The molecule has 0 aromatic carbocycles. The van der Waals surface area contributed by atoms with Gasteiger partial charge in [-0.05, 0) is 45.2 Å². The van der Waals surface area contributed by atoms with E-state index < -0.39 is 0 Å². The highest BCUT2D eigenvalue weighted by molar-refractivity contribution is 7.10. The molecule has 3 heterocycles. The minimum atomic E-state index is 0.484. The lowest BCUT2D eigenvalue weighted by Crippen LogP contribution is -2.82. The van der Waals surface area contributed by atoms with Gasteiger partial charge in [-0.3, -0.25) is 4.57 Å². The number of hydrogen-bond donors (Lipinski definition) is 1. The number of rotatable bonds is 5. The third kappa shape index (κ3) is 2.87. The molecule has 0 saturated heterocycles. The van der Waals surface area contributed by atoms with Gasteiger partial charge in [0.1, 0.15) is 18.3 Å². The Morgan fingerprint density at radius 1 is 1.32 bits per heavy atom. The summed E-state index contributed by atoms with van der Waals surface area (Å²) in [5.74, 6) is 1.70. The Kier molecular flexibility index (Phi) is 4.18. The summed E-state index contributed by atoms with van der Waals surface area (Å²) < 4.78 is 7.37. The molecule has 5 heteroatoms. The first-order valence-electron chi connectivity index (χ1n) is 7.54. The molecule has 3 aromatic heterocycles. The molecule has 0 aliphatic heterocycles. The third-order valence-electron chi connectivity index (χ3n) is 4.06. The Morgan fingerprint density at radius 3 is 2.77 bits per heavy atom. The highest BCUT2D eigenvalue weighted by Crippen LogP contribution is 2.20. The molecule has 0 amide bonds. The number of aryl methyl sites for hydroxylation is 2. The van der Waals surface area contributed by atoms with Gasteiger partial charge < -0.3 is 9.84 Å². The van der Waals surface area contributed by atoms with E-state index >= 15 is 0 Å². The van der Waals surface area contributed by atoms with E-state index in [2.05, 4.69) is 59.4 Å². The first-order chi connectivity index (χ1) is 10.6. The molecule has 3 rings (SSSR count). The third-order valence-corrected chi connectivity index (χ3v) is 5.14. The Bertz CT molecular complexity index is 755. The van der Waals surface area contributed by atoms with E-state index in [0.717, 1.165) is 18.1 Å². The van der Waals surface area contributed by atoms with Crippen molar-refractivity contribution in [3.63, 3.8) is 0 Å². The predicted octanol–water partition coefficient (Wildman–Crippen LogP) is 3.28. The summed E-state index contributed by atoms with van der Waals surface area (Å²) in [6.07, 6.45) is 0. The molecule has 0 aliphatic rings. The normalized spacial score (nSPS) is 12.7. The number of hydrogen-bond acceptors (Lipinski definition) is 3. The highest BCUT2D eigenvalue weighted by atomic mass is 32.1. The molecule has 22 heavy (non-hydrogen) atoms. The molecular weight excluding hydrogens is 294 g/mol. The number of thiophene rings is 1. The van der Waals surface area contributed by atoms with Crippen LogP contribution in [0, 0.1) is 20.8 Å². The summed E-state index contributed by atoms with van der Waals surface area (Å²) >= 11 is 1.82. The van der Waals surface area contributed by atoms with Gasteiger partial charge in [0.2, 0.25) is 0 Å². The van der Waals surface area contributed by atoms with Gasteiger partial charge in [0.05, 0.1) is 4.88 Å². The van der Waals surface area contributed by atoms with Crippen molar-refractivity contribution in [2.24, 2.45) is 0 Å². The molecule has 0 radical (unpaired) electrons. The monoisotopic (exact) mass is 316 g/mol. The smallest absolute Gasteiger partial charge is 0.180 e. The van der Waals surface area contributed by atoms with Crippen LogP contribution >= 0.6 is 11.3 Å². The van der Waals surface area contributed by atoms with E-state index in [9.17, 15) is 0 Å². The van der Waals surface area contributed by atoms with Crippen LogP contribution in [0.25, 0.3) is 5.82 Å². The zero-order chi connectivity index (χ0) is 15.7. The number of nitrogens with two attached hydrogens (primary N) is 1. The molecular formula is C17H22N3OS+. The minimum Gasteiger partial charge on any atom is -0.360 e. The van der Waals surface area contributed by atoms with Crippen molar-refractivity contribution in [2.45, 2.75) is 40.3 Å². The summed E-state index contributed by atoms with van der Waals surface area (Å²) in [6.45, 7) is 9.41. The van der Waals surface area contributed by atoms with Gasteiger partial charge >= 0.3 is 0 Å². The van der Waals surface area contributed by atoms with E-state index in [1.807, 2.05) is 24.3 Å². The largest absolute Gasteiger partial charge is 0.360 e. The second-order valence-corrected chi connectivity index (χ2v) is 6.75. The van der Waals surface area contributed by atoms with Gasteiger partial charge in [-0.2, -0.15) is 0 Å². The fraction of sp³-hybridized carbons (Fsp3) is 0.353. The Hall–Kier alpha value is -1.85. The van der Waals surface area contributed by atoms with Gasteiger partial charge in [0, 0.05) is 23.0 Å². The zero-order valence-corrected chi connectivity index (χ0v) is 14.3. The molecule has 3 aromatic rings. The van der Waals surface area contributed by atoms with Crippen LogP contribution < -0.4 is 5.32 Å². The SMILES string of the molecule is Cc1cc(-n2c(C)cc(C[NH2+][C@H](C)c3cccs3)c2C)no1. The lowest BCUT2D eigenvalue weighted by molar-refractivity contribution is -0.707. The Morgan fingerprint density at radius 2 is 2.14 bits per heavy atom. The maximum absolute atomic E-state index is 5.21. The zero-order valence-electron chi connectivity index (χ0n) is 13.5. The fourth-order valence-electron chi connectivity index (χ4n) is 2.82. The van der Waals surface area contributed by atoms with Crippen molar-refractivity contribution in [3.05, 3.63) is 57.2 Å². The first-order valence-corrected chi connectivity index (χ1v) is 8.42. The summed E-state index contributed by atoms with van der Waals surface area (Å²) in [5, 5.41) is 8.65. The molecule has 4 nitrogen and oxygen atoms in total. The van der Waals surface area contributed by atoms with Crippen LogP contribution in [0.1, 0.15) is 40.6 Å². The van der Waals surface area contributed by atoms with Gasteiger partial charge in [-0.15, -0.1) is 11.3 Å². The van der Waals surface area contributed by atoms with Crippen molar-refractivity contribution >= 4 is 11.3 Å². The molecule has 0 bridgehead atoms. The summed E-state index contributed by atoms with van der Waals surface area (Å²) in [7, 11) is 0. The van der Waals surface area contributed by atoms with Crippen LogP contribution in [0.15, 0.2) is 34.2 Å². The maximum atomic E-state index is 5.21. The quantitative estimate of drug-likeness (QED) is 0.785. The predicted molar refractivity (Wildman–Crippen MR) is 88.4 cm³/mol. The van der Waals surface area contributed by atoms with E-state index in [1.54, 1.807) is 0 Å². The lowest BCUT2D eigenvalue weighted by Gasteiger charge is -2.09. The highest BCUT2D eigenvalue weighted by Gasteiger charge is 2.16. The summed E-state index contributed by atoms with van der Waals surface area (Å²) in [4.78, 5) is 1.42. The van der Waals surface area contributed by atoms with Crippen molar-refractivity contribution in [1.29, 1.82) is 0 Å². The van der Waals surface area contributed by atoms with E-state index in [1.165, 1.54) is 21.8 Å². The van der Waals surface area contributed by atoms with Crippen molar-refractivity contribution in [3.8, 4) is 5.82 Å². The molecule has 0 unspecified atom stereocenters. The molecule has 0 saturated carbocycles. The van der Waals surface area contributed by atoms with Crippen LogP contribution in [0.4, 0.5) is 0 Å². The van der Waals surface area contributed by atoms with Crippen LogP contribution in [0.2, 0.25) is 0 Å². The number of quaternary nitrogens is 1. The molecule has 2 N–H and O–H groups in total. The minimum absolute atomic E-state index is 0.484. The lowest BCUT2D eigenvalue weighted by atomic mass is 10.2. The molecule has 1 atom stereocenters. The van der Waals surface area contributed by atoms with E-state index in [0.29, 0.717) is 6.04 Å². The topological polar surface area (TPSA) is 47.6 Å². The van der Waals surface area contributed by atoms with Crippen molar-refractivity contribution < 1.29 is 9.84 Å². The molecule has 116 valence electrons. The maximum Gasteiger partial charge on any atom is 0.180 e. The average Bonchev–Trinajstić information content (AvgIpc) is 3.19. The van der Waals surface area contributed by atoms with Gasteiger partial charge in [0.15, 0.2) is 5.82 Å². The van der Waals surface area contributed by atoms with Gasteiger partial charge in [-0.25, -0.2) is 0 Å². The van der Waals surface area contributed by atoms with E-state index in [-0.39, 0.29) is 0 Å². The second-order valence-electron chi connectivity index (χ2n) is 5.77. The second kappa shape index (κ2) is 6.10. The van der Waals surface area contributed by atoms with Crippen LogP contribution in [0.3, 0.4) is 0 Å². The number of nitrogens with zero attached hydrogens (tertiary/aromatic N) is 2. The van der Waals surface area contributed by atoms with Crippen LogP contribution in [-0.4, -0.2) is 9.72 Å². The fourth-order valence-corrected chi connectivity index (χ4v) is 3.60. The molecule has 0 aliphatic carbocycles. The van der Waals surface area contributed by atoms with Gasteiger partial charge in [-0.1, -0.05) is 11.2 Å². The molecule has 0 spiro atoms.